The third kappa shape index (κ3) is 2.29. The number of pyridine rings is 1. The van der Waals surface area contributed by atoms with Gasteiger partial charge in [0.2, 0.25) is 0 Å². The minimum Gasteiger partial charge on any atom is -0.506 e. The summed E-state index contributed by atoms with van der Waals surface area (Å²) in [7, 11) is 0. The quantitative estimate of drug-likeness (QED) is 0.594. The van der Waals surface area contributed by atoms with Gasteiger partial charge < -0.3 is 5.11 Å². The first-order valence-corrected chi connectivity index (χ1v) is 8.21. The molecule has 1 aromatic carbocycles. The first-order chi connectivity index (χ1) is 11.1. The number of nitrogens with zero attached hydrogens (tertiary/aromatic N) is 3. The van der Waals surface area contributed by atoms with Crippen molar-refractivity contribution in [2.75, 3.05) is 0 Å². The number of phenolic OH excluding ortho intramolecular Hbond substituents is 1. The number of phenols is 1. The van der Waals surface area contributed by atoms with Gasteiger partial charge in [0.05, 0.1) is 17.1 Å². The van der Waals surface area contributed by atoms with E-state index in [-0.39, 0.29) is 5.75 Å². The van der Waals surface area contributed by atoms with Gasteiger partial charge in [0, 0.05) is 16.5 Å². The third-order valence-electron chi connectivity index (χ3n) is 3.89. The largest absolute Gasteiger partial charge is 0.506 e. The number of rotatable bonds is 2. The predicted molar refractivity (Wildman–Crippen MR) is 94.9 cm³/mol. The topological polar surface area (TPSA) is 50.4 Å². The molecule has 4 nitrogen and oxygen atoms in total. The van der Waals surface area contributed by atoms with Gasteiger partial charge in [-0.1, -0.05) is 18.2 Å². The molecule has 1 N–H and O–H groups in total. The average molecular weight is 321 g/mol. The first-order valence-electron chi connectivity index (χ1n) is 7.33. The molecule has 0 saturated carbocycles. The van der Waals surface area contributed by atoms with Crippen LogP contribution in [0.1, 0.15) is 22.8 Å². The van der Waals surface area contributed by atoms with Crippen molar-refractivity contribution in [1.29, 1.82) is 0 Å². The van der Waals surface area contributed by atoms with Crippen LogP contribution in [-0.4, -0.2) is 19.5 Å². The zero-order valence-corrected chi connectivity index (χ0v) is 13.6. The number of hydrogen-bond acceptors (Lipinski definition) is 4. The fourth-order valence-electron chi connectivity index (χ4n) is 2.72. The molecule has 4 aromatic rings. The van der Waals surface area contributed by atoms with Crippen LogP contribution in [0.4, 0.5) is 0 Å². The molecule has 4 rings (SSSR count). The number of fused-ring (bicyclic) bond motifs is 2. The molecule has 114 valence electrons. The van der Waals surface area contributed by atoms with Gasteiger partial charge in [-0.15, -0.1) is 11.3 Å². The molecule has 0 spiro atoms. The SMILES string of the molecule is Cc1nc2scc(C)n2c1/C=C/c1ccc2cccc(O)c2n1. The van der Waals surface area contributed by atoms with E-state index in [0.717, 1.165) is 27.4 Å². The van der Waals surface area contributed by atoms with Crippen molar-refractivity contribution in [2.45, 2.75) is 13.8 Å². The average Bonchev–Trinajstić information content (AvgIpc) is 3.05. The van der Waals surface area contributed by atoms with Crippen LogP contribution >= 0.6 is 11.3 Å². The number of hydrogen-bond donors (Lipinski definition) is 1. The summed E-state index contributed by atoms with van der Waals surface area (Å²) in [5.74, 6) is 0.203. The lowest BCUT2D eigenvalue weighted by molar-refractivity contribution is 0.480. The molecular weight excluding hydrogens is 306 g/mol. The van der Waals surface area contributed by atoms with Crippen LogP contribution in [0.15, 0.2) is 35.7 Å². The van der Waals surface area contributed by atoms with Crippen molar-refractivity contribution in [3.05, 3.63) is 58.5 Å². The molecule has 0 amide bonds. The van der Waals surface area contributed by atoms with E-state index in [0.29, 0.717) is 5.52 Å². The van der Waals surface area contributed by atoms with E-state index < -0.39 is 0 Å². The van der Waals surface area contributed by atoms with Crippen LogP contribution in [0.3, 0.4) is 0 Å². The summed E-state index contributed by atoms with van der Waals surface area (Å²) in [6.07, 6.45) is 3.99. The maximum absolute atomic E-state index is 9.94. The zero-order chi connectivity index (χ0) is 16.0. The molecule has 3 heterocycles. The molecule has 0 radical (unpaired) electrons. The summed E-state index contributed by atoms with van der Waals surface area (Å²) >= 11 is 1.64. The van der Waals surface area contributed by atoms with Gasteiger partial charge in [0.15, 0.2) is 4.96 Å². The third-order valence-corrected chi connectivity index (χ3v) is 4.83. The first kappa shape index (κ1) is 14.0. The molecule has 0 aliphatic heterocycles. The van der Waals surface area contributed by atoms with Crippen molar-refractivity contribution in [2.24, 2.45) is 0 Å². The van der Waals surface area contributed by atoms with Gasteiger partial charge >= 0.3 is 0 Å². The monoisotopic (exact) mass is 321 g/mol. The van der Waals surface area contributed by atoms with Gasteiger partial charge in [-0.2, -0.15) is 0 Å². The lowest BCUT2D eigenvalue weighted by Crippen LogP contribution is -1.89. The summed E-state index contributed by atoms with van der Waals surface area (Å²) in [5.41, 5.74) is 4.67. The second-order valence-corrected chi connectivity index (χ2v) is 6.33. The molecule has 0 aliphatic carbocycles. The number of aryl methyl sites for hydroxylation is 2. The van der Waals surface area contributed by atoms with E-state index in [1.54, 1.807) is 17.4 Å². The highest BCUT2D eigenvalue weighted by atomic mass is 32.1. The molecule has 5 heteroatoms. The van der Waals surface area contributed by atoms with Gasteiger partial charge in [-0.3, -0.25) is 4.40 Å². The Morgan fingerprint density at radius 3 is 2.83 bits per heavy atom. The Bertz CT molecular complexity index is 1060. The predicted octanol–water partition coefficient (Wildman–Crippen LogP) is 4.44. The van der Waals surface area contributed by atoms with Crippen LogP contribution in [0, 0.1) is 13.8 Å². The van der Waals surface area contributed by atoms with Gasteiger partial charge in [-0.25, -0.2) is 9.97 Å². The zero-order valence-electron chi connectivity index (χ0n) is 12.8. The maximum atomic E-state index is 9.94. The second-order valence-electron chi connectivity index (χ2n) is 5.50. The van der Waals surface area contributed by atoms with E-state index >= 15 is 0 Å². The van der Waals surface area contributed by atoms with Crippen molar-refractivity contribution in [3.63, 3.8) is 0 Å². The molecule has 3 aromatic heterocycles. The number of thiazole rings is 1. The summed E-state index contributed by atoms with van der Waals surface area (Å²) < 4.78 is 2.15. The minimum absolute atomic E-state index is 0.203. The Labute approximate surface area is 137 Å². The van der Waals surface area contributed by atoms with E-state index in [1.165, 1.54) is 5.69 Å². The molecular formula is C18H15N3OS. The fourth-order valence-corrected chi connectivity index (χ4v) is 3.64. The second kappa shape index (κ2) is 5.21. The van der Waals surface area contributed by atoms with Crippen LogP contribution in [0.25, 0.3) is 28.0 Å². The van der Waals surface area contributed by atoms with Gasteiger partial charge in [-0.05, 0) is 38.1 Å². The van der Waals surface area contributed by atoms with Gasteiger partial charge in [0.25, 0.3) is 0 Å². The number of benzene rings is 1. The highest BCUT2D eigenvalue weighted by Crippen LogP contribution is 2.24. The van der Waals surface area contributed by atoms with Crippen LogP contribution in [0.5, 0.6) is 5.75 Å². The van der Waals surface area contributed by atoms with E-state index in [1.807, 2.05) is 43.3 Å². The normalized spacial score (nSPS) is 11.9. The van der Waals surface area contributed by atoms with E-state index in [4.69, 9.17) is 0 Å². The van der Waals surface area contributed by atoms with Crippen LogP contribution in [-0.2, 0) is 0 Å². The van der Waals surface area contributed by atoms with Crippen LogP contribution < -0.4 is 0 Å². The molecule has 0 fully saturated rings. The Kier molecular flexibility index (Phi) is 3.16. The van der Waals surface area contributed by atoms with E-state index in [2.05, 4.69) is 26.7 Å². The Morgan fingerprint density at radius 2 is 1.96 bits per heavy atom. The van der Waals surface area contributed by atoms with Gasteiger partial charge in [0.1, 0.15) is 11.3 Å². The lowest BCUT2D eigenvalue weighted by Gasteiger charge is -2.01. The minimum atomic E-state index is 0.203. The fraction of sp³-hybridized carbons (Fsp3) is 0.111. The van der Waals surface area contributed by atoms with Crippen molar-refractivity contribution >= 4 is 39.4 Å². The Morgan fingerprint density at radius 1 is 1.09 bits per heavy atom. The smallest absolute Gasteiger partial charge is 0.194 e. The molecule has 0 unspecified atom stereocenters. The molecule has 23 heavy (non-hydrogen) atoms. The summed E-state index contributed by atoms with van der Waals surface area (Å²) in [6.45, 7) is 4.09. The number of aromatic nitrogens is 3. The summed E-state index contributed by atoms with van der Waals surface area (Å²) in [4.78, 5) is 10.1. The molecule has 0 saturated heterocycles. The van der Waals surface area contributed by atoms with E-state index in [9.17, 15) is 5.11 Å². The standard InChI is InChI=1S/C18H15N3OS/c1-11-10-23-18-19-12(2)15(21(11)18)9-8-14-7-6-13-4-3-5-16(22)17(13)20-14/h3-10,22H,1-2H3/b9-8+. The summed E-state index contributed by atoms with van der Waals surface area (Å²) in [6, 6.07) is 9.33. The highest BCUT2D eigenvalue weighted by molar-refractivity contribution is 7.15. The highest BCUT2D eigenvalue weighted by Gasteiger charge is 2.09. The number of imidazole rings is 1. The number of aromatic hydroxyl groups is 1. The molecule has 0 bridgehead atoms. The van der Waals surface area contributed by atoms with Crippen molar-refractivity contribution in [3.8, 4) is 5.75 Å². The number of para-hydroxylation sites is 1. The Hall–Kier alpha value is -2.66. The summed E-state index contributed by atoms with van der Waals surface area (Å²) in [5, 5.41) is 13.0. The maximum Gasteiger partial charge on any atom is 0.194 e. The van der Waals surface area contributed by atoms with Crippen LogP contribution in [0.2, 0.25) is 0 Å². The molecule has 0 atom stereocenters. The lowest BCUT2D eigenvalue weighted by atomic mass is 10.2. The Balaban J connectivity index is 1.80. The molecule has 0 aliphatic rings. The van der Waals surface area contributed by atoms with Crippen molar-refractivity contribution in [1.82, 2.24) is 14.4 Å². The van der Waals surface area contributed by atoms with Crippen molar-refractivity contribution < 1.29 is 5.11 Å².